The van der Waals surface area contributed by atoms with Crippen molar-refractivity contribution in [2.75, 3.05) is 25.8 Å². The molecule has 0 fully saturated rings. The van der Waals surface area contributed by atoms with Crippen LogP contribution >= 0.6 is 23.2 Å². The van der Waals surface area contributed by atoms with E-state index in [4.69, 9.17) is 46.9 Å². The Bertz CT molecular complexity index is 1230. The van der Waals surface area contributed by atoms with Gasteiger partial charge in [0.2, 0.25) is 6.79 Å². The molecular weight excluding hydrogens is 485 g/mol. The molecule has 1 aliphatic heterocycles. The molecule has 34 heavy (non-hydrogen) atoms. The van der Waals surface area contributed by atoms with Crippen molar-refractivity contribution in [3.05, 3.63) is 75.8 Å². The molecule has 0 spiro atoms. The van der Waals surface area contributed by atoms with Crippen molar-refractivity contribution in [1.29, 1.82) is 0 Å². The highest BCUT2D eigenvalue weighted by Gasteiger charge is 2.17. The first kappa shape index (κ1) is 23.5. The van der Waals surface area contributed by atoms with E-state index in [1.807, 2.05) is 0 Å². The molecule has 3 aromatic rings. The number of hydrogen-bond acceptors (Lipinski definition) is 7. The molecule has 4 rings (SSSR count). The van der Waals surface area contributed by atoms with Gasteiger partial charge >= 0.3 is 5.97 Å². The van der Waals surface area contributed by atoms with Crippen LogP contribution in [0.3, 0.4) is 0 Å². The number of rotatable bonds is 8. The van der Waals surface area contributed by atoms with Crippen LogP contribution in [0.5, 0.6) is 23.0 Å². The predicted molar refractivity (Wildman–Crippen MR) is 125 cm³/mol. The Morgan fingerprint density at radius 2 is 1.79 bits per heavy atom. The largest absolute Gasteiger partial charge is 0.493 e. The van der Waals surface area contributed by atoms with E-state index in [9.17, 15) is 9.59 Å². The van der Waals surface area contributed by atoms with E-state index in [2.05, 4.69) is 5.32 Å². The van der Waals surface area contributed by atoms with Gasteiger partial charge in [-0.3, -0.25) is 4.79 Å². The molecule has 0 saturated carbocycles. The molecule has 0 unspecified atom stereocenters. The maximum absolute atomic E-state index is 12.4. The fourth-order valence-corrected chi connectivity index (χ4v) is 3.56. The maximum Gasteiger partial charge on any atom is 0.338 e. The summed E-state index contributed by atoms with van der Waals surface area (Å²) in [6, 6.07) is 14.6. The first-order valence-electron chi connectivity index (χ1n) is 10.0. The van der Waals surface area contributed by atoms with Gasteiger partial charge in [-0.1, -0.05) is 29.3 Å². The number of benzene rings is 3. The summed E-state index contributed by atoms with van der Waals surface area (Å²) in [6.07, 6.45) is 0. The van der Waals surface area contributed by atoms with E-state index in [1.165, 1.54) is 19.2 Å². The lowest BCUT2D eigenvalue weighted by Gasteiger charge is -2.13. The van der Waals surface area contributed by atoms with Gasteiger partial charge in [0.05, 0.1) is 12.7 Å². The molecule has 176 valence electrons. The van der Waals surface area contributed by atoms with Crippen molar-refractivity contribution in [3.8, 4) is 23.0 Å². The van der Waals surface area contributed by atoms with E-state index in [0.717, 1.165) is 5.56 Å². The second-order valence-electron chi connectivity index (χ2n) is 7.08. The number of fused-ring (bicyclic) bond motifs is 1. The van der Waals surface area contributed by atoms with Gasteiger partial charge in [0.25, 0.3) is 5.91 Å². The number of methoxy groups -OCH3 is 1. The van der Waals surface area contributed by atoms with Gasteiger partial charge < -0.3 is 29.0 Å². The SMILES string of the molecule is COc1cc(C(=O)OCC(=O)Nc2ccc3c(c2)OCO3)ccc1OCc1ccc(Cl)cc1Cl. The van der Waals surface area contributed by atoms with E-state index in [0.29, 0.717) is 38.7 Å². The zero-order valence-electron chi connectivity index (χ0n) is 17.9. The fraction of sp³-hybridized carbons (Fsp3) is 0.167. The Balaban J connectivity index is 1.33. The van der Waals surface area contributed by atoms with Crippen LogP contribution in [0.25, 0.3) is 0 Å². The first-order valence-corrected chi connectivity index (χ1v) is 10.8. The maximum atomic E-state index is 12.4. The molecule has 0 atom stereocenters. The molecule has 1 heterocycles. The van der Waals surface area contributed by atoms with Gasteiger partial charge in [0, 0.05) is 27.4 Å². The average Bonchev–Trinajstić information content (AvgIpc) is 3.30. The summed E-state index contributed by atoms with van der Waals surface area (Å²) < 4.78 is 26.7. The van der Waals surface area contributed by atoms with Crippen molar-refractivity contribution in [2.45, 2.75) is 6.61 Å². The van der Waals surface area contributed by atoms with Gasteiger partial charge in [-0.15, -0.1) is 0 Å². The molecule has 1 aliphatic rings. The second kappa shape index (κ2) is 10.5. The van der Waals surface area contributed by atoms with Crippen LogP contribution in [0.1, 0.15) is 15.9 Å². The number of amides is 1. The zero-order chi connectivity index (χ0) is 24.1. The number of ether oxygens (including phenoxy) is 5. The van der Waals surface area contributed by atoms with Crippen LogP contribution in [0.2, 0.25) is 10.0 Å². The number of hydrogen-bond donors (Lipinski definition) is 1. The second-order valence-corrected chi connectivity index (χ2v) is 7.93. The molecule has 3 aromatic carbocycles. The van der Waals surface area contributed by atoms with Crippen LogP contribution in [-0.2, 0) is 16.1 Å². The molecule has 1 N–H and O–H groups in total. The van der Waals surface area contributed by atoms with E-state index in [1.54, 1.807) is 42.5 Å². The molecule has 0 saturated heterocycles. The highest BCUT2D eigenvalue weighted by Crippen LogP contribution is 2.34. The summed E-state index contributed by atoms with van der Waals surface area (Å²) in [6.45, 7) is -0.161. The van der Waals surface area contributed by atoms with E-state index in [-0.39, 0.29) is 19.0 Å². The normalized spacial score (nSPS) is 11.6. The first-order chi connectivity index (χ1) is 16.4. The third-order valence-electron chi connectivity index (χ3n) is 4.79. The number of carbonyl (C=O) groups is 2. The van der Waals surface area contributed by atoms with Gasteiger partial charge in [-0.05, 0) is 42.5 Å². The van der Waals surface area contributed by atoms with Crippen LogP contribution < -0.4 is 24.3 Å². The Morgan fingerprint density at radius 3 is 2.59 bits per heavy atom. The van der Waals surface area contributed by atoms with Crippen LogP contribution in [0, 0.1) is 0 Å². The Morgan fingerprint density at radius 1 is 0.971 bits per heavy atom. The molecule has 8 nitrogen and oxygen atoms in total. The van der Waals surface area contributed by atoms with Crippen molar-refractivity contribution < 1.29 is 33.3 Å². The number of nitrogens with one attached hydrogen (secondary N) is 1. The lowest BCUT2D eigenvalue weighted by molar-refractivity contribution is -0.119. The molecule has 0 radical (unpaired) electrons. The lowest BCUT2D eigenvalue weighted by Crippen LogP contribution is -2.21. The van der Waals surface area contributed by atoms with Gasteiger partial charge in [-0.2, -0.15) is 0 Å². The summed E-state index contributed by atoms with van der Waals surface area (Å²) in [5, 5.41) is 3.64. The fourth-order valence-electron chi connectivity index (χ4n) is 3.09. The van der Waals surface area contributed by atoms with Crippen LogP contribution in [-0.4, -0.2) is 32.4 Å². The standard InChI is InChI=1S/C24H19Cl2NO7/c1-30-21-8-14(3-6-19(21)31-11-15-2-4-16(25)9-18(15)26)24(29)32-12-23(28)27-17-5-7-20-22(10-17)34-13-33-20/h2-10H,11-13H2,1H3,(H,27,28). The number of carbonyl (C=O) groups excluding carboxylic acids is 2. The predicted octanol–water partition coefficient (Wildman–Crippen LogP) is 5.11. The quantitative estimate of drug-likeness (QED) is 0.427. The average molecular weight is 504 g/mol. The van der Waals surface area contributed by atoms with Crippen molar-refractivity contribution in [3.63, 3.8) is 0 Å². The van der Waals surface area contributed by atoms with Gasteiger partial charge in [0.15, 0.2) is 29.6 Å². The third-order valence-corrected chi connectivity index (χ3v) is 5.38. The van der Waals surface area contributed by atoms with Crippen LogP contribution in [0.15, 0.2) is 54.6 Å². The number of halogens is 2. The Hall–Kier alpha value is -3.62. The number of anilines is 1. The molecular formula is C24H19Cl2NO7. The minimum atomic E-state index is -0.688. The zero-order valence-corrected chi connectivity index (χ0v) is 19.4. The van der Waals surface area contributed by atoms with Gasteiger partial charge in [-0.25, -0.2) is 4.79 Å². The van der Waals surface area contributed by atoms with Crippen molar-refractivity contribution >= 4 is 40.8 Å². The minimum absolute atomic E-state index is 0.131. The van der Waals surface area contributed by atoms with Gasteiger partial charge in [0.1, 0.15) is 6.61 Å². The summed E-state index contributed by atoms with van der Waals surface area (Å²) in [7, 11) is 1.45. The molecule has 1 amide bonds. The Labute approximate surface area is 205 Å². The smallest absolute Gasteiger partial charge is 0.338 e. The third kappa shape index (κ3) is 5.65. The van der Waals surface area contributed by atoms with Crippen LogP contribution in [0.4, 0.5) is 5.69 Å². The van der Waals surface area contributed by atoms with E-state index >= 15 is 0 Å². The van der Waals surface area contributed by atoms with Crippen molar-refractivity contribution in [1.82, 2.24) is 0 Å². The molecule has 0 bridgehead atoms. The lowest BCUT2D eigenvalue weighted by atomic mass is 10.2. The highest BCUT2D eigenvalue weighted by atomic mass is 35.5. The highest BCUT2D eigenvalue weighted by molar-refractivity contribution is 6.35. The minimum Gasteiger partial charge on any atom is -0.493 e. The monoisotopic (exact) mass is 503 g/mol. The Kier molecular flexibility index (Phi) is 7.30. The number of esters is 1. The molecule has 10 heteroatoms. The topological polar surface area (TPSA) is 92.3 Å². The summed E-state index contributed by atoms with van der Waals surface area (Å²) in [5.74, 6) is 0.671. The summed E-state index contributed by atoms with van der Waals surface area (Å²) >= 11 is 12.1. The van der Waals surface area contributed by atoms with Crippen molar-refractivity contribution in [2.24, 2.45) is 0 Å². The van der Waals surface area contributed by atoms with E-state index < -0.39 is 18.5 Å². The molecule has 0 aliphatic carbocycles. The summed E-state index contributed by atoms with van der Waals surface area (Å²) in [5.41, 5.74) is 1.43. The summed E-state index contributed by atoms with van der Waals surface area (Å²) in [4.78, 5) is 24.6. The molecule has 0 aromatic heterocycles.